The van der Waals surface area contributed by atoms with Crippen LogP contribution < -0.4 is 4.74 Å². The fraction of sp³-hybridized carbons (Fsp3) is 0. The highest BCUT2D eigenvalue weighted by Crippen LogP contribution is 2.30. The molecule has 3 aromatic rings. The number of fused-ring (bicyclic) bond motifs is 1. The van der Waals surface area contributed by atoms with Crippen LogP contribution in [0.3, 0.4) is 0 Å². The lowest BCUT2D eigenvalue weighted by Crippen LogP contribution is -1.93. The minimum Gasteiger partial charge on any atom is -0.438 e. The summed E-state index contributed by atoms with van der Waals surface area (Å²) in [6.07, 6.45) is 0. The van der Waals surface area contributed by atoms with Gasteiger partial charge < -0.3 is 4.74 Å². The zero-order chi connectivity index (χ0) is 14.8. The van der Waals surface area contributed by atoms with Gasteiger partial charge in [-0.05, 0) is 30.3 Å². The van der Waals surface area contributed by atoms with Gasteiger partial charge in [-0.15, -0.1) is 0 Å². The number of hydrogen-bond donors (Lipinski definition) is 0. The van der Waals surface area contributed by atoms with Crippen LogP contribution in [0.15, 0.2) is 48.5 Å². The second-order valence-electron chi connectivity index (χ2n) is 4.35. The molecule has 3 rings (SSSR count). The molecule has 0 bridgehead atoms. The number of benzene rings is 2. The third-order valence-electron chi connectivity index (χ3n) is 2.86. The molecule has 5 heteroatoms. The summed E-state index contributed by atoms with van der Waals surface area (Å²) in [5.41, 5.74) is 1.10. The summed E-state index contributed by atoms with van der Waals surface area (Å²) in [5, 5.41) is 11.0. The first-order valence-electron chi connectivity index (χ1n) is 6.09. The Balaban J connectivity index is 2.09. The second kappa shape index (κ2) is 5.61. The standard InChI is InChI=1S/C16H8Cl2N2O/c17-12-6-13(18)8-14(7-12)21-16-11(9-19)5-10-3-1-2-4-15(10)20-16/h1-8H. The number of nitriles is 1. The first-order valence-corrected chi connectivity index (χ1v) is 6.85. The third kappa shape index (κ3) is 2.92. The van der Waals surface area contributed by atoms with Crippen LogP contribution in [0.25, 0.3) is 10.9 Å². The molecular weight excluding hydrogens is 307 g/mol. The molecule has 0 radical (unpaired) electrons. The molecule has 0 spiro atoms. The summed E-state index contributed by atoms with van der Waals surface area (Å²) in [6.45, 7) is 0. The average molecular weight is 315 g/mol. The highest BCUT2D eigenvalue weighted by molar-refractivity contribution is 6.34. The van der Waals surface area contributed by atoms with Gasteiger partial charge in [-0.3, -0.25) is 0 Å². The molecule has 1 heterocycles. The van der Waals surface area contributed by atoms with Crippen molar-refractivity contribution in [3.05, 3.63) is 64.1 Å². The van der Waals surface area contributed by atoms with E-state index in [0.29, 0.717) is 21.4 Å². The molecule has 0 aliphatic heterocycles. The van der Waals surface area contributed by atoms with Gasteiger partial charge in [0, 0.05) is 15.4 Å². The molecule has 0 aliphatic carbocycles. The lowest BCUT2D eigenvalue weighted by Gasteiger charge is -2.08. The van der Waals surface area contributed by atoms with E-state index in [4.69, 9.17) is 27.9 Å². The number of hydrogen-bond acceptors (Lipinski definition) is 3. The minimum atomic E-state index is 0.231. The number of ether oxygens (including phenoxy) is 1. The average Bonchev–Trinajstić information content (AvgIpc) is 2.45. The van der Waals surface area contributed by atoms with E-state index in [1.54, 1.807) is 24.3 Å². The summed E-state index contributed by atoms with van der Waals surface area (Å²) in [5.74, 6) is 0.668. The molecule has 0 unspecified atom stereocenters. The minimum absolute atomic E-state index is 0.231. The number of nitrogens with zero attached hydrogens (tertiary/aromatic N) is 2. The number of halogens is 2. The van der Waals surface area contributed by atoms with Crippen LogP contribution in [0.2, 0.25) is 10.0 Å². The third-order valence-corrected chi connectivity index (χ3v) is 3.30. The quantitative estimate of drug-likeness (QED) is 0.652. The molecule has 1 aromatic heterocycles. The van der Waals surface area contributed by atoms with Crippen LogP contribution in [0, 0.1) is 11.3 Å². The number of rotatable bonds is 2. The van der Waals surface area contributed by atoms with Crippen molar-refractivity contribution < 1.29 is 4.74 Å². The van der Waals surface area contributed by atoms with Gasteiger partial charge in [0.2, 0.25) is 5.88 Å². The van der Waals surface area contributed by atoms with E-state index in [9.17, 15) is 5.26 Å². The van der Waals surface area contributed by atoms with Crippen molar-refractivity contribution in [1.29, 1.82) is 5.26 Å². The largest absolute Gasteiger partial charge is 0.438 e. The van der Waals surface area contributed by atoms with E-state index in [1.807, 2.05) is 24.3 Å². The van der Waals surface area contributed by atoms with Crippen molar-refractivity contribution in [2.75, 3.05) is 0 Å². The topological polar surface area (TPSA) is 45.9 Å². The highest BCUT2D eigenvalue weighted by Gasteiger charge is 2.10. The Hall–Kier alpha value is -2.28. The van der Waals surface area contributed by atoms with Crippen molar-refractivity contribution in [2.45, 2.75) is 0 Å². The maximum absolute atomic E-state index is 9.24. The van der Waals surface area contributed by atoms with E-state index < -0.39 is 0 Å². The Morgan fingerprint density at radius 1 is 1.00 bits per heavy atom. The van der Waals surface area contributed by atoms with Gasteiger partial charge in [0.1, 0.15) is 17.4 Å². The summed E-state index contributed by atoms with van der Waals surface area (Å²) >= 11 is 11.9. The first-order chi connectivity index (χ1) is 10.2. The van der Waals surface area contributed by atoms with Gasteiger partial charge in [-0.2, -0.15) is 5.26 Å². The van der Waals surface area contributed by atoms with Gasteiger partial charge in [0.25, 0.3) is 0 Å². The van der Waals surface area contributed by atoms with Gasteiger partial charge in [-0.25, -0.2) is 4.98 Å². The van der Waals surface area contributed by atoms with E-state index >= 15 is 0 Å². The monoisotopic (exact) mass is 314 g/mol. The Morgan fingerprint density at radius 3 is 2.43 bits per heavy atom. The molecule has 0 saturated heterocycles. The smallest absolute Gasteiger partial charge is 0.237 e. The molecule has 0 fully saturated rings. The zero-order valence-electron chi connectivity index (χ0n) is 10.7. The number of para-hydroxylation sites is 1. The molecule has 0 aliphatic rings. The molecule has 2 aromatic carbocycles. The van der Waals surface area contributed by atoms with E-state index in [0.717, 1.165) is 10.9 Å². The van der Waals surface area contributed by atoms with Crippen molar-refractivity contribution in [2.24, 2.45) is 0 Å². The predicted octanol–water partition coefficient (Wildman–Crippen LogP) is 5.21. The van der Waals surface area contributed by atoms with Crippen LogP contribution in [-0.4, -0.2) is 4.98 Å². The van der Waals surface area contributed by atoms with E-state index in [2.05, 4.69) is 11.1 Å². The maximum atomic E-state index is 9.24. The van der Waals surface area contributed by atoms with Crippen LogP contribution in [0.5, 0.6) is 11.6 Å². The fourth-order valence-electron chi connectivity index (χ4n) is 1.96. The lowest BCUT2D eigenvalue weighted by atomic mass is 10.1. The molecule has 0 saturated carbocycles. The second-order valence-corrected chi connectivity index (χ2v) is 5.23. The Kier molecular flexibility index (Phi) is 3.66. The Labute approximate surface area is 131 Å². The molecule has 3 nitrogen and oxygen atoms in total. The number of pyridine rings is 1. The highest BCUT2D eigenvalue weighted by atomic mass is 35.5. The lowest BCUT2D eigenvalue weighted by molar-refractivity contribution is 0.463. The molecular formula is C16H8Cl2N2O. The molecule has 21 heavy (non-hydrogen) atoms. The van der Waals surface area contributed by atoms with Gasteiger partial charge in [0.05, 0.1) is 5.52 Å². The zero-order valence-corrected chi connectivity index (χ0v) is 12.2. The summed E-state index contributed by atoms with van der Waals surface area (Å²) in [6, 6.07) is 16.2. The molecule has 0 atom stereocenters. The van der Waals surface area contributed by atoms with Gasteiger partial charge >= 0.3 is 0 Å². The number of aromatic nitrogens is 1. The SMILES string of the molecule is N#Cc1cc2ccccc2nc1Oc1cc(Cl)cc(Cl)c1. The van der Waals surface area contributed by atoms with Crippen LogP contribution in [0.4, 0.5) is 0 Å². The van der Waals surface area contributed by atoms with E-state index in [1.165, 1.54) is 0 Å². The maximum Gasteiger partial charge on any atom is 0.237 e. The van der Waals surface area contributed by atoms with Crippen LogP contribution in [0.1, 0.15) is 5.56 Å². The van der Waals surface area contributed by atoms with Crippen molar-refractivity contribution in [1.82, 2.24) is 4.98 Å². The van der Waals surface area contributed by atoms with Crippen LogP contribution >= 0.6 is 23.2 Å². The van der Waals surface area contributed by atoms with E-state index in [-0.39, 0.29) is 5.88 Å². The normalized spacial score (nSPS) is 10.3. The van der Waals surface area contributed by atoms with Crippen molar-refractivity contribution >= 4 is 34.1 Å². The molecule has 0 amide bonds. The first kappa shape index (κ1) is 13.7. The Bertz CT molecular complexity index is 852. The molecule has 102 valence electrons. The Morgan fingerprint density at radius 2 is 1.71 bits per heavy atom. The predicted molar refractivity (Wildman–Crippen MR) is 83.0 cm³/mol. The van der Waals surface area contributed by atoms with Gasteiger partial charge in [0.15, 0.2) is 0 Å². The van der Waals surface area contributed by atoms with Crippen LogP contribution in [-0.2, 0) is 0 Å². The van der Waals surface area contributed by atoms with Crippen molar-refractivity contribution in [3.8, 4) is 17.7 Å². The van der Waals surface area contributed by atoms with Gasteiger partial charge in [-0.1, -0.05) is 41.4 Å². The summed E-state index contributed by atoms with van der Waals surface area (Å²) in [7, 11) is 0. The fourth-order valence-corrected chi connectivity index (χ4v) is 2.46. The van der Waals surface area contributed by atoms with Crippen molar-refractivity contribution in [3.63, 3.8) is 0 Å². The summed E-state index contributed by atoms with van der Waals surface area (Å²) in [4.78, 5) is 4.37. The summed E-state index contributed by atoms with van der Waals surface area (Å²) < 4.78 is 5.67. The molecule has 0 N–H and O–H groups in total.